The fraction of sp³-hybridized carbons (Fsp3) is 0.265. The first-order chi connectivity index (χ1) is 20.8. The van der Waals surface area contributed by atoms with E-state index in [1.165, 1.54) is 4.90 Å². The Morgan fingerprint density at radius 2 is 1.49 bits per heavy atom. The minimum absolute atomic E-state index is 0.136. The summed E-state index contributed by atoms with van der Waals surface area (Å²) in [5.74, 6) is -1.87. The third kappa shape index (κ3) is 5.56. The number of nitrogens with zero attached hydrogens (tertiary/aromatic N) is 2. The maximum absolute atomic E-state index is 13.5. The largest absolute Gasteiger partial charge is 0.450 e. The summed E-state index contributed by atoms with van der Waals surface area (Å²) in [4.78, 5) is 59.4. The molecule has 1 aromatic heterocycles. The lowest BCUT2D eigenvalue weighted by molar-refractivity contribution is -0.122. The lowest BCUT2D eigenvalue weighted by atomic mass is 9.81. The van der Waals surface area contributed by atoms with Crippen molar-refractivity contribution in [2.45, 2.75) is 41.9 Å². The van der Waals surface area contributed by atoms with Gasteiger partial charge in [0.1, 0.15) is 0 Å². The summed E-state index contributed by atoms with van der Waals surface area (Å²) in [7, 11) is 0. The third-order valence-corrected chi connectivity index (χ3v) is 11.0. The number of benzene rings is 3. The highest BCUT2D eigenvalue weighted by atomic mass is 79.9. The maximum Gasteiger partial charge on any atom is 0.339 e. The number of fused-ring (bicyclic) bond motifs is 2. The Morgan fingerprint density at radius 3 is 2.12 bits per heavy atom. The van der Waals surface area contributed by atoms with E-state index in [1.54, 1.807) is 67.6 Å². The number of ether oxygens (including phenoxy) is 1. The second kappa shape index (κ2) is 12.1. The van der Waals surface area contributed by atoms with Gasteiger partial charge in [-0.2, -0.15) is 0 Å². The number of alkyl halides is 2. The van der Waals surface area contributed by atoms with Crippen LogP contribution in [0.25, 0.3) is 22.2 Å². The lowest BCUT2D eigenvalue weighted by Gasteiger charge is -2.29. The van der Waals surface area contributed by atoms with Gasteiger partial charge in [0.05, 0.1) is 34.3 Å². The van der Waals surface area contributed by atoms with Gasteiger partial charge in [-0.15, -0.1) is 0 Å². The average molecular weight is 704 g/mol. The summed E-state index contributed by atoms with van der Waals surface area (Å²) < 4.78 is 5.77. The number of esters is 1. The van der Waals surface area contributed by atoms with Gasteiger partial charge in [0.2, 0.25) is 17.6 Å². The summed E-state index contributed by atoms with van der Waals surface area (Å²) in [5, 5.41) is 0.612. The first-order valence-corrected chi connectivity index (χ1v) is 16.1. The van der Waals surface area contributed by atoms with Crippen LogP contribution in [0.15, 0.2) is 84.9 Å². The number of hydrogen-bond acceptors (Lipinski definition) is 6. The second-order valence-electron chi connectivity index (χ2n) is 10.9. The monoisotopic (exact) mass is 702 g/mol. The van der Waals surface area contributed by atoms with Gasteiger partial charge in [0.15, 0.2) is 6.10 Å². The molecule has 1 saturated heterocycles. The number of rotatable bonds is 7. The fourth-order valence-electron chi connectivity index (χ4n) is 5.93. The molecule has 9 heteroatoms. The van der Waals surface area contributed by atoms with Gasteiger partial charge < -0.3 is 4.74 Å². The van der Waals surface area contributed by atoms with E-state index >= 15 is 0 Å². The zero-order chi connectivity index (χ0) is 30.2. The first kappa shape index (κ1) is 29.4. The minimum Gasteiger partial charge on any atom is -0.450 e. The molecule has 2 heterocycles. The number of imide groups is 1. The number of anilines is 1. The zero-order valence-corrected chi connectivity index (χ0v) is 26.5. The van der Waals surface area contributed by atoms with E-state index in [4.69, 9.17) is 9.72 Å². The Kier molecular flexibility index (Phi) is 8.29. The molecule has 2 aliphatic rings. The molecule has 2 amide bonds. The molecule has 0 radical (unpaired) electrons. The molecule has 5 atom stereocenters. The van der Waals surface area contributed by atoms with Crippen LogP contribution in [0.3, 0.4) is 0 Å². The number of ketones is 1. The van der Waals surface area contributed by atoms with Crippen LogP contribution in [-0.4, -0.2) is 44.3 Å². The van der Waals surface area contributed by atoms with Gasteiger partial charge in [-0.1, -0.05) is 99.4 Å². The van der Waals surface area contributed by atoms with Crippen molar-refractivity contribution < 1.29 is 23.9 Å². The molecule has 0 spiro atoms. The van der Waals surface area contributed by atoms with Crippen molar-refractivity contribution in [2.75, 3.05) is 4.90 Å². The van der Waals surface area contributed by atoms with Crippen molar-refractivity contribution in [3.63, 3.8) is 0 Å². The van der Waals surface area contributed by atoms with Crippen LogP contribution in [-0.2, 0) is 14.3 Å². The molecule has 1 aliphatic heterocycles. The molecule has 5 unspecified atom stereocenters. The predicted octanol–water partition coefficient (Wildman–Crippen LogP) is 7.15. The molecule has 7 nitrogen and oxygen atoms in total. The summed E-state index contributed by atoms with van der Waals surface area (Å²) in [6.45, 7) is 1.80. The van der Waals surface area contributed by atoms with Gasteiger partial charge >= 0.3 is 5.97 Å². The Morgan fingerprint density at radius 1 is 0.884 bits per heavy atom. The third-order valence-electron chi connectivity index (χ3n) is 8.24. The Labute approximate surface area is 265 Å². The van der Waals surface area contributed by atoms with Crippen LogP contribution in [0.4, 0.5) is 5.69 Å². The van der Waals surface area contributed by atoms with E-state index in [-0.39, 0.29) is 39.1 Å². The summed E-state index contributed by atoms with van der Waals surface area (Å²) >= 11 is 7.26. The average Bonchev–Trinajstić information content (AvgIpc) is 3.27. The minimum atomic E-state index is -0.927. The smallest absolute Gasteiger partial charge is 0.339 e. The lowest BCUT2D eigenvalue weighted by Crippen LogP contribution is -2.34. The Bertz CT molecular complexity index is 1700. The van der Waals surface area contributed by atoms with Crippen LogP contribution in [0.2, 0.25) is 0 Å². The van der Waals surface area contributed by atoms with Crippen LogP contribution >= 0.6 is 31.9 Å². The predicted molar refractivity (Wildman–Crippen MR) is 172 cm³/mol. The SMILES string of the molecule is CCC(OC(=O)c1cc(-c2ccc(N3C(=O)C4CC(Br)C(Br)CC4C3=O)cc2)nc2ccccc12)C(=O)c1ccccc1. The molecule has 0 bridgehead atoms. The van der Waals surface area contributed by atoms with Gasteiger partial charge in [-0.3, -0.25) is 19.3 Å². The summed E-state index contributed by atoms with van der Waals surface area (Å²) in [5.41, 5.74) is 3.12. The highest BCUT2D eigenvalue weighted by Crippen LogP contribution is 2.44. The van der Waals surface area contributed by atoms with E-state index in [0.717, 1.165) is 0 Å². The molecule has 43 heavy (non-hydrogen) atoms. The number of para-hydroxylation sites is 1. The molecule has 0 N–H and O–H groups in total. The highest BCUT2D eigenvalue weighted by Gasteiger charge is 2.52. The number of aromatic nitrogens is 1. The standard InChI is InChI=1S/C34H28Br2N2O5/c1-2-30(31(39)20-8-4-3-5-9-20)43-34(42)25-18-29(37-28-11-7-6-10-22(25)28)19-12-14-21(15-13-19)38-32(40)23-16-26(35)27(36)17-24(23)33(38)41/h3-15,18,23-24,26-27,30H,2,16-17H2,1H3. The van der Waals surface area contributed by atoms with Crippen molar-refractivity contribution in [2.24, 2.45) is 11.8 Å². The van der Waals surface area contributed by atoms with Crippen LogP contribution in [0, 0.1) is 11.8 Å². The number of carbonyl (C=O) groups is 4. The number of Topliss-reactive ketones (excluding diaryl/α,β-unsaturated/α-hetero) is 1. The molecule has 6 rings (SSSR count). The number of pyridine rings is 1. The normalized spacial score (nSPS) is 22.3. The fourth-order valence-corrected chi connectivity index (χ4v) is 7.16. The summed E-state index contributed by atoms with van der Waals surface area (Å²) in [6.07, 6.45) is 0.618. The van der Waals surface area contributed by atoms with E-state index in [2.05, 4.69) is 31.9 Å². The van der Waals surface area contributed by atoms with Gasteiger partial charge in [-0.25, -0.2) is 9.78 Å². The van der Waals surface area contributed by atoms with Crippen molar-refractivity contribution in [1.29, 1.82) is 0 Å². The number of halogens is 2. The van der Waals surface area contributed by atoms with E-state index in [9.17, 15) is 19.2 Å². The molecule has 1 aliphatic carbocycles. The van der Waals surface area contributed by atoms with Gasteiger partial charge in [-0.05, 0) is 43.5 Å². The molecular formula is C34H28Br2N2O5. The van der Waals surface area contributed by atoms with Gasteiger partial charge in [0.25, 0.3) is 0 Å². The Hall–Kier alpha value is -3.69. The first-order valence-electron chi connectivity index (χ1n) is 14.2. The number of amides is 2. The van der Waals surface area contributed by atoms with Gasteiger partial charge in [0, 0.05) is 26.2 Å². The van der Waals surface area contributed by atoms with Crippen molar-refractivity contribution in [1.82, 2.24) is 4.98 Å². The van der Waals surface area contributed by atoms with Crippen LogP contribution < -0.4 is 4.90 Å². The Balaban J connectivity index is 1.29. The molecule has 4 aromatic rings. The van der Waals surface area contributed by atoms with E-state index in [1.807, 2.05) is 24.3 Å². The molecule has 3 aromatic carbocycles. The molecule has 1 saturated carbocycles. The molecular weight excluding hydrogens is 676 g/mol. The van der Waals surface area contributed by atoms with Crippen molar-refractivity contribution in [3.8, 4) is 11.3 Å². The maximum atomic E-state index is 13.5. The van der Waals surface area contributed by atoms with Crippen LogP contribution in [0.5, 0.6) is 0 Å². The van der Waals surface area contributed by atoms with Crippen molar-refractivity contribution in [3.05, 3.63) is 96.1 Å². The zero-order valence-electron chi connectivity index (χ0n) is 23.3. The number of carbonyl (C=O) groups excluding carboxylic acids is 4. The second-order valence-corrected chi connectivity index (χ2v) is 13.2. The molecule has 218 valence electrons. The highest BCUT2D eigenvalue weighted by molar-refractivity contribution is 9.12. The topological polar surface area (TPSA) is 93.6 Å². The van der Waals surface area contributed by atoms with E-state index in [0.29, 0.717) is 58.2 Å². The van der Waals surface area contributed by atoms with Crippen LogP contribution in [0.1, 0.15) is 46.9 Å². The van der Waals surface area contributed by atoms with E-state index < -0.39 is 12.1 Å². The molecule has 2 fully saturated rings. The summed E-state index contributed by atoms with van der Waals surface area (Å²) in [6, 6.07) is 24.8. The van der Waals surface area contributed by atoms with Crippen molar-refractivity contribution >= 4 is 72.0 Å². The quantitative estimate of drug-likeness (QED) is 0.0879. The number of hydrogen-bond donors (Lipinski definition) is 0.